The average Bonchev–Trinajstić information content (AvgIpc) is 2.48. The van der Waals surface area contributed by atoms with E-state index in [0.29, 0.717) is 18.4 Å². The summed E-state index contributed by atoms with van der Waals surface area (Å²) >= 11 is 0. The molecule has 0 saturated carbocycles. The van der Waals surface area contributed by atoms with Gasteiger partial charge in [0.25, 0.3) is 0 Å². The van der Waals surface area contributed by atoms with Crippen molar-refractivity contribution in [2.24, 2.45) is 0 Å². The molecular formula is C9H14F2N4. The number of hydrogen-bond donors (Lipinski definition) is 1. The van der Waals surface area contributed by atoms with Crippen molar-refractivity contribution in [3.63, 3.8) is 0 Å². The summed E-state index contributed by atoms with van der Waals surface area (Å²) < 4.78 is 25.9. The van der Waals surface area contributed by atoms with Crippen LogP contribution in [-0.4, -0.2) is 40.6 Å². The van der Waals surface area contributed by atoms with Crippen molar-refractivity contribution in [1.29, 1.82) is 0 Å². The van der Waals surface area contributed by atoms with Gasteiger partial charge in [-0.2, -0.15) is 8.78 Å². The van der Waals surface area contributed by atoms with Crippen molar-refractivity contribution >= 4 is 0 Å². The molecular weight excluding hydrogens is 202 g/mol. The van der Waals surface area contributed by atoms with Gasteiger partial charge in [0.2, 0.25) is 0 Å². The third-order valence-corrected chi connectivity index (χ3v) is 2.73. The van der Waals surface area contributed by atoms with Crippen molar-refractivity contribution in [2.75, 3.05) is 20.1 Å². The molecule has 0 aromatic carbocycles. The molecule has 84 valence electrons. The van der Waals surface area contributed by atoms with E-state index in [9.17, 15) is 8.78 Å². The molecule has 1 aromatic heterocycles. The number of nitrogens with zero attached hydrogens (tertiary/aromatic N) is 3. The zero-order chi connectivity index (χ0) is 10.8. The van der Waals surface area contributed by atoms with Gasteiger partial charge in [0, 0.05) is 31.5 Å². The minimum Gasteiger partial charge on any atom is -0.314 e. The van der Waals surface area contributed by atoms with Crippen LogP contribution < -0.4 is 5.32 Å². The Hall–Kier alpha value is -1.01. The first-order valence-electron chi connectivity index (χ1n) is 4.89. The van der Waals surface area contributed by atoms with Crippen molar-refractivity contribution in [3.8, 4) is 0 Å². The minimum absolute atomic E-state index is 0.416. The van der Waals surface area contributed by atoms with Gasteiger partial charge < -0.3 is 5.32 Å². The summed E-state index contributed by atoms with van der Waals surface area (Å²) in [6, 6.07) is 0.438. The molecule has 4 nitrogen and oxygen atoms in total. The molecule has 1 aliphatic rings. The molecule has 0 amide bonds. The normalized spacial score (nSPS) is 17.4. The van der Waals surface area contributed by atoms with Crippen LogP contribution in [0.3, 0.4) is 0 Å². The van der Waals surface area contributed by atoms with Crippen molar-refractivity contribution in [3.05, 3.63) is 18.2 Å². The Bertz CT molecular complexity index is 322. The van der Waals surface area contributed by atoms with E-state index in [2.05, 4.69) is 10.3 Å². The first kappa shape index (κ1) is 10.5. The number of rotatable bonds is 4. The lowest BCUT2D eigenvalue weighted by Crippen LogP contribution is -2.55. The highest BCUT2D eigenvalue weighted by Gasteiger charge is 2.23. The molecule has 0 aliphatic carbocycles. The summed E-state index contributed by atoms with van der Waals surface area (Å²) in [5, 5.41) is 3.14. The smallest absolute Gasteiger partial charge is 0.314 e. The van der Waals surface area contributed by atoms with Crippen LogP contribution in [0.2, 0.25) is 0 Å². The predicted octanol–water partition coefficient (Wildman–Crippen LogP) is 0.682. The second-order valence-electron chi connectivity index (χ2n) is 3.76. The van der Waals surface area contributed by atoms with Gasteiger partial charge >= 0.3 is 6.55 Å². The van der Waals surface area contributed by atoms with E-state index in [4.69, 9.17) is 0 Å². The lowest BCUT2D eigenvalue weighted by molar-refractivity contribution is 0.0621. The van der Waals surface area contributed by atoms with Crippen LogP contribution in [0.5, 0.6) is 0 Å². The Morgan fingerprint density at radius 3 is 2.93 bits per heavy atom. The maximum Gasteiger partial charge on any atom is 0.319 e. The second-order valence-corrected chi connectivity index (χ2v) is 3.76. The highest BCUT2D eigenvalue weighted by Crippen LogP contribution is 2.14. The average molecular weight is 216 g/mol. The fraction of sp³-hybridized carbons (Fsp3) is 0.667. The molecule has 0 atom stereocenters. The number of nitrogens with one attached hydrogen (secondary N) is 1. The number of alkyl halides is 2. The van der Waals surface area contributed by atoms with Crippen molar-refractivity contribution < 1.29 is 8.78 Å². The highest BCUT2D eigenvalue weighted by molar-refractivity contribution is 4.94. The molecule has 2 rings (SSSR count). The Morgan fingerprint density at radius 1 is 1.67 bits per heavy atom. The number of hydrogen-bond acceptors (Lipinski definition) is 3. The number of aromatic nitrogens is 2. The SMILES string of the molecule is CN(Cc1nccn1C(F)F)C1CNC1. The molecule has 1 N–H and O–H groups in total. The zero-order valence-electron chi connectivity index (χ0n) is 8.53. The van der Waals surface area contributed by atoms with Gasteiger partial charge in [-0.1, -0.05) is 0 Å². The summed E-state index contributed by atoms with van der Waals surface area (Å²) in [6.45, 7) is -0.197. The Morgan fingerprint density at radius 2 is 2.40 bits per heavy atom. The van der Waals surface area contributed by atoms with Gasteiger partial charge in [0.15, 0.2) is 0 Å². The molecule has 1 aromatic rings. The van der Waals surface area contributed by atoms with E-state index in [1.165, 1.54) is 12.4 Å². The van der Waals surface area contributed by atoms with E-state index in [1.54, 1.807) is 0 Å². The van der Waals surface area contributed by atoms with Gasteiger partial charge in [-0.15, -0.1) is 0 Å². The van der Waals surface area contributed by atoms with Crippen LogP contribution in [0.1, 0.15) is 12.4 Å². The molecule has 0 spiro atoms. The summed E-state index contributed by atoms with van der Waals surface area (Å²) in [5.41, 5.74) is 0. The topological polar surface area (TPSA) is 33.1 Å². The third kappa shape index (κ3) is 2.15. The largest absolute Gasteiger partial charge is 0.319 e. The minimum atomic E-state index is -2.50. The lowest BCUT2D eigenvalue weighted by atomic mass is 10.1. The first-order valence-corrected chi connectivity index (χ1v) is 4.89. The lowest BCUT2D eigenvalue weighted by Gasteiger charge is -2.35. The molecule has 6 heteroatoms. The van der Waals surface area contributed by atoms with Crippen LogP contribution in [0.15, 0.2) is 12.4 Å². The summed E-state index contributed by atoms with van der Waals surface area (Å²) in [5.74, 6) is 0.416. The Balaban J connectivity index is 1.99. The second kappa shape index (κ2) is 4.24. The van der Waals surface area contributed by atoms with Crippen molar-refractivity contribution in [1.82, 2.24) is 19.8 Å². The van der Waals surface area contributed by atoms with Gasteiger partial charge in [0.05, 0.1) is 6.54 Å². The van der Waals surface area contributed by atoms with Crippen LogP contribution in [0.4, 0.5) is 8.78 Å². The van der Waals surface area contributed by atoms with E-state index in [-0.39, 0.29) is 0 Å². The molecule has 15 heavy (non-hydrogen) atoms. The van der Waals surface area contributed by atoms with Crippen LogP contribution in [0.25, 0.3) is 0 Å². The number of likely N-dealkylation sites (N-methyl/N-ethyl adjacent to an activating group) is 1. The zero-order valence-corrected chi connectivity index (χ0v) is 8.53. The predicted molar refractivity (Wildman–Crippen MR) is 51.6 cm³/mol. The molecule has 1 aliphatic heterocycles. The summed E-state index contributed by atoms with van der Waals surface area (Å²) in [6.07, 6.45) is 2.72. The molecule has 1 saturated heterocycles. The molecule has 0 radical (unpaired) electrons. The number of imidazole rings is 1. The van der Waals surface area contributed by atoms with Crippen LogP contribution in [0, 0.1) is 0 Å². The molecule has 1 fully saturated rings. The van der Waals surface area contributed by atoms with E-state index in [1.807, 2.05) is 11.9 Å². The van der Waals surface area contributed by atoms with Gasteiger partial charge in [-0.05, 0) is 7.05 Å². The van der Waals surface area contributed by atoms with Crippen molar-refractivity contribution in [2.45, 2.75) is 19.1 Å². The number of halogens is 2. The standard InChI is InChI=1S/C9H14F2N4/c1-14(7-4-12-5-7)6-8-13-2-3-15(8)9(10)11/h2-3,7,9,12H,4-6H2,1H3. The summed E-state index contributed by atoms with van der Waals surface area (Å²) in [4.78, 5) is 5.98. The Labute approximate surface area is 86.9 Å². The van der Waals surface area contributed by atoms with Gasteiger partial charge in [-0.3, -0.25) is 9.47 Å². The fourth-order valence-corrected chi connectivity index (χ4v) is 1.58. The maximum absolute atomic E-state index is 12.5. The van der Waals surface area contributed by atoms with Crippen LogP contribution in [-0.2, 0) is 6.54 Å². The fourth-order valence-electron chi connectivity index (χ4n) is 1.58. The first-order chi connectivity index (χ1) is 7.18. The third-order valence-electron chi connectivity index (χ3n) is 2.73. The maximum atomic E-state index is 12.5. The van der Waals surface area contributed by atoms with E-state index < -0.39 is 6.55 Å². The van der Waals surface area contributed by atoms with Gasteiger partial charge in [-0.25, -0.2) is 4.98 Å². The molecule has 2 heterocycles. The quantitative estimate of drug-likeness (QED) is 0.803. The monoisotopic (exact) mass is 216 g/mol. The summed E-state index contributed by atoms with van der Waals surface area (Å²) in [7, 11) is 1.93. The van der Waals surface area contributed by atoms with E-state index in [0.717, 1.165) is 17.7 Å². The van der Waals surface area contributed by atoms with Crippen LogP contribution >= 0.6 is 0 Å². The van der Waals surface area contributed by atoms with Gasteiger partial charge in [0.1, 0.15) is 5.82 Å². The van der Waals surface area contributed by atoms with E-state index >= 15 is 0 Å². The molecule has 0 bridgehead atoms. The highest BCUT2D eigenvalue weighted by atomic mass is 19.3. The Kier molecular flexibility index (Phi) is 2.97. The molecule has 0 unspecified atom stereocenters.